The second-order valence-corrected chi connectivity index (χ2v) is 8.52. The molecule has 0 amide bonds. The molecule has 0 bridgehead atoms. The largest absolute Gasteiger partial charge is 0.512 e. The summed E-state index contributed by atoms with van der Waals surface area (Å²) in [6, 6.07) is 8.01. The van der Waals surface area contributed by atoms with Crippen LogP contribution < -0.4 is 4.74 Å². The van der Waals surface area contributed by atoms with Crippen molar-refractivity contribution in [2.75, 3.05) is 0 Å². The van der Waals surface area contributed by atoms with Crippen LogP contribution in [0.15, 0.2) is 40.6 Å². The summed E-state index contributed by atoms with van der Waals surface area (Å²) >= 11 is 0. The van der Waals surface area contributed by atoms with E-state index in [1.54, 1.807) is 0 Å². The number of hydrogen-bond acceptors (Lipinski definition) is 6. The molecule has 1 saturated carbocycles. The number of esters is 1. The van der Waals surface area contributed by atoms with Crippen LogP contribution in [0.2, 0.25) is 0 Å². The van der Waals surface area contributed by atoms with Crippen LogP contribution in [0, 0.1) is 19.8 Å². The van der Waals surface area contributed by atoms with Crippen LogP contribution in [0.1, 0.15) is 61.1 Å². The minimum absolute atomic E-state index is 0.140. The molecule has 1 aromatic heterocycles. The van der Waals surface area contributed by atoms with Gasteiger partial charge in [0, 0.05) is 6.42 Å². The van der Waals surface area contributed by atoms with Gasteiger partial charge < -0.3 is 19.1 Å². The van der Waals surface area contributed by atoms with E-state index in [9.17, 15) is 9.90 Å². The Balaban J connectivity index is 1.39. The van der Waals surface area contributed by atoms with Crippen LogP contribution in [-0.4, -0.2) is 21.8 Å². The first-order valence-electron chi connectivity index (χ1n) is 10.7. The zero-order valence-electron chi connectivity index (χ0n) is 17.6. The molecule has 1 N–H and O–H groups in total. The van der Waals surface area contributed by atoms with Gasteiger partial charge in [-0.05, 0) is 63.1 Å². The number of ether oxygens (including phenoxy) is 2. The number of carbonyl (C=O) groups excluding carboxylic acids is 1. The SMILES string of the molecule is Cc1noc(C)c1COc1ccc(CCC2(C3CCCC3)CC(O)=CC(=O)O2)cc1. The quantitative estimate of drug-likeness (QED) is 0.637. The number of aromatic nitrogens is 1. The Kier molecular flexibility index (Phi) is 5.84. The van der Waals surface area contributed by atoms with E-state index in [0.717, 1.165) is 60.4 Å². The summed E-state index contributed by atoms with van der Waals surface area (Å²) in [5.41, 5.74) is 2.39. The number of aliphatic hydroxyl groups is 1. The van der Waals surface area contributed by atoms with Gasteiger partial charge in [0.25, 0.3) is 0 Å². The summed E-state index contributed by atoms with van der Waals surface area (Å²) < 4.78 is 16.9. The van der Waals surface area contributed by atoms with Crippen molar-refractivity contribution in [1.29, 1.82) is 0 Å². The van der Waals surface area contributed by atoms with E-state index in [4.69, 9.17) is 14.0 Å². The molecule has 2 aromatic rings. The van der Waals surface area contributed by atoms with Gasteiger partial charge in [-0.1, -0.05) is 30.1 Å². The van der Waals surface area contributed by atoms with Crippen molar-refractivity contribution in [3.8, 4) is 5.75 Å². The highest BCUT2D eigenvalue weighted by Crippen LogP contribution is 2.44. The number of cyclic esters (lactones) is 1. The topological polar surface area (TPSA) is 81.8 Å². The molecule has 2 heterocycles. The predicted molar refractivity (Wildman–Crippen MR) is 111 cm³/mol. The second-order valence-electron chi connectivity index (χ2n) is 8.52. The van der Waals surface area contributed by atoms with Crippen molar-refractivity contribution >= 4 is 5.97 Å². The summed E-state index contributed by atoms with van der Waals surface area (Å²) in [5.74, 6) is 1.60. The van der Waals surface area contributed by atoms with Crippen LogP contribution >= 0.6 is 0 Å². The maximum atomic E-state index is 12.0. The van der Waals surface area contributed by atoms with Gasteiger partial charge in [0.05, 0.1) is 17.3 Å². The molecule has 6 nitrogen and oxygen atoms in total. The van der Waals surface area contributed by atoms with Crippen LogP contribution in [0.25, 0.3) is 0 Å². The lowest BCUT2D eigenvalue weighted by Gasteiger charge is -2.40. The van der Waals surface area contributed by atoms with Crippen molar-refractivity contribution in [2.45, 2.75) is 71.0 Å². The third-order valence-corrected chi connectivity index (χ3v) is 6.49. The van der Waals surface area contributed by atoms with E-state index in [2.05, 4.69) is 5.16 Å². The molecule has 1 unspecified atom stereocenters. The van der Waals surface area contributed by atoms with Crippen molar-refractivity contribution < 1.29 is 23.9 Å². The number of nitrogens with zero attached hydrogens (tertiary/aromatic N) is 1. The minimum atomic E-state index is -0.592. The van der Waals surface area contributed by atoms with Gasteiger partial charge >= 0.3 is 5.97 Å². The third-order valence-electron chi connectivity index (χ3n) is 6.49. The van der Waals surface area contributed by atoms with E-state index in [1.165, 1.54) is 6.08 Å². The summed E-state index contributed by atoms with van der Waals surface area (Å²) in [7, 11) is 0. The highest BCUT2D eigenvalue weighted by molar-refractivity contribution is 5.83. The van der Waals surface area contributed by atoms with Crippen LogP contribution in [0.3, 0.4) is 0 Å². The number of rotatable bonds is 7. The first-order valence-corrected chi connectivity index (χ1v) is 10.7. The molecule has 160 valence electrons. The zero-order chi connectivity index (χ0) is 21.1. The van der Waals surface area contributed by atoms with Gasteiger partial charge in [-0.15, -0.1) is 0 Å². The Bertz CT molecular complexity index is 904. The molecule has 1 aromatic carbocycles. The molecular weight excluding hydrogens is 382 g/mol. The number of carbonyl (C=O) groups is 1. The fourth-order valence-corrected chi connectivity index (χ4v) is 4.75. The standard InChI is InChI=1S/C24H29NO5/c1-16-22(17(2)30-25-16)15-28-21-9-7-18(8-10-21)11-12-24(19-5-3-4-6-19)14-20(26)13-23(27)29-24/h7-10,13,19,26H,3-6,11-12,14-15H2,1-2H3. The molecule has 0 saturated heterocycles. The maximum Gasteiger partial charge on any atom is 0.334 e. The Morgan fingerprint density at radius 3 is 2.57 bits per heavy atom. The van der Waals surface area contributed by atoms with Crippen LogP contribution in [-0.2, 0) is 22.6 Å². The lowest BCUT2D eigenvalue weighted by Crippen LogP contribution is -2.44. The predicted octanol–water partition coefficient (Wildman–Crippen LogP) is 5.12. The maximum absolute atomic E-state index is 12.0. The first-order chi connectivity index (χ1) is 14.4. The minimum Gasteiger partial charge on any atom is -0.512 e. The van der Waals surface area contributed by atoms with Crippen molar-refractivity contribution in [1.82, 2.24) is 5.16 Å². The molecule has 4 rings (SSSR count). The molecular formula is C24H29NO5. The smallest absolute Gasteiger partial charge is 0.334 e. The summed E-state index contributed by atoms with van der Waals surface area (Å²) in [5, 5.41) is 14.1. The van der Waals surface area contributed by atoms with E-state index in [1.807, 2.05) is 38.1 Å². The Morgan fingerprint density at radius 1 is 1.20 bits per heavy atom. The molecule has 6 heteroatoms. The fraction of sp³-hybridized carbons (Fsp3) is 0.500. The van der Waals surface area contributed by atoms with E-state index < -0.39 is 11.6 Å². The third kappa shape index (κ3) is 4.37. The zero-order valence-corrected chi connectivity index (χ0v) is 17.6. The molecule has 1 aliphatic heterocycles. The normalized spacial score (nSPS) is 22.1. The highest BCUT2D eigenvalue weighted by Gasteiger charge is 2.45. The van der Waals surface area contributed by atoms with Gasteiger partial charge in [-0.3, -0.25) is 0 Å². The Labute approximate surface area is 176 Å². The van der Waals surface area contributed by atoms with Gasteiger partial charge in [0.2, 0.25) is 0 Å². The molecule has 30 heavy (non-hydrogen) atoms. The number of hydrogen-bond donors (Lipinski definition) is 1. The molecule has 2 aliphatic rings. The number of aryl methyl sites for hydroxylation is 3. The van der Waals surface area contributed by atoms with Gasteiger partial charge in [0.1, 0.15) is 29.5 Å². The summed E-state index contributed by atoms with van der Waals surface area (Å²) in [4.78, 5) is 12.0. The number of aliphatic hydroxyl groups excluding tert-OH is 1. The lowest BCUT2D eigenvalue weighted by molar-refractivity contribution is -0.165. The van der Waals surface area contributed by atoms with E-state index in [-0.39, 0.29) is 5.76 Å². The second kappa shape index (κ2) is 8.54. The summed E-state index contributed by atoms with van der Waals surface area (Å²) in [6.07, 6.45) is 7.53. The average molecular weight is 411 g/mol. The Hall–Kier alpha value is -2.76. The Morgan fingerprint density at radius 2 is 1.93 bits per heavy atom. The first kappa shape index (κ1) is 20.5. The van der Waals surface area contributed by atoms with Crippen molar-refractivity contribution in [2.24, 2.45) is 5.92 Å². The summed E-state index contributed by atoms with van der Waals surface area (Å²) in [6.45, 7) is 4.21. The molecule has 1 fully saturated rings. The van der Waals surface area contributed by atoms with Crippen LogP contribution in [0.5, 0.6) is 5.75 Å². The monoisotopic (exact) mass is 411 g/mol. The van der Waals surface area contributed by atoms with E-state index >= 15 is 0 Å². The van der Waals surface area contributed by atoms with E-state index in [0.29, 0.717) is 25.4 Å². The molecule has 1 aliphatic carbocycles. The van der Waals surface area contributed by atoms with Crippen molar-refractivity contribution in [3.63, 3.8) is 0 Å². The molecule has 0 radical (unpaired) electrons. The van der Waals surface area contributed by atoms with Crippen LogP contribution in [0.4, 0.5) is 0 Å². The van der Waals surface area contributed by atoms with Gasteiger partial charge in [-0.25, -0.2) is 4.79 Å². The van der Waals surface area contributed by atoms with Crippen molar-refractivity contribution in [3.05, 3.63) is 58.7 Å². The average Bonchev–Trinajstić information content (AvgIpc) is 3.36. The van der Waals surface area contributed by atoms with Gasteiger partial charge in [0.15, 0.2) is 0 Å². The number of benzene rings is 1. The fourth-order valence-electron chi connectivity index (χ4n) is 4.75. The lowest BCUT2D eigenvalue weighted by atomic mass is 9.77. The molecule has 1 atom stereocenters. The van der Waals surface area contributed by atoms with Gasteiger partial charge in [-0.2, -0.15) is 0 Å². The highest BCUT2D eigenvalue weighted by atomic mass is 16.6. The molecule has 0 spiro atoms.